The Kier molecular flexibility index (Phi) is 7.57. The number of halogens is 1. The maximum absolute atomic E-state index is 13.2. The monoisotopic (exact) mass is 350 g/mol. The van der Waals surface area contributed by atoms with E-state index in [0.29, 0.717) is 18.0 Å². The highest BCUT2D eigenvalue weighted by atomic mass is 35.5. The van der Waals surface area contributed by atoms with Crippen LogP contribution in [0.1, 0.15) is 51.0 Å². The Balaban J connectivity index is 0.00000208. The van der Waals surface area contributed by atoms with E-state index in [1.54, 1.807) is 0 Å². The first-order valence-electron chi connectivity index (χ1n) is 9.32. The summed E-state index contributed by atoms with van der Waals surface area (Å²) in [5.41, 5.74) is 1.34. The highest BCUT2D eigenvalue weighted by Gasteiger charge is 2.33. The fourth-order valence-electron chi connectivity index (χ4n) is 4.17. The lowest BCUT2D eigenvalue weighted by atomic mass is 9.91. The molecule has 1 heterocycles. The number of carbonyl (C=O) groups excluding carboxylic acids is 1. The SMILES string of the molecule is C[C@H]1C[C@@H](C(=O)N(CCc2ccccc2)C2CCCC2)CCN1.Cl. The molecule has 0 unspecified atom stereocenters. The minimum absolute atomic E-state index is 0. The number of hydrogen-bond acceptors (Lipinski definition) is 2. The van der Waals surface area contributed by atoms with Crippen molar-refractivity contribution in [1.29, 1.82) is 0 Å². The molecule has 3 rings (SSSR count). The first-order valence-corrected chi connectivity index (χ1v) is 9.32. The molecule has 1 saturated heterocycles. The Morgan fingerprint density at radius 3 is 2.54 bits per heavy atom. The van der Waals surface area contributed by atoms with Crippen molar-refractivity contribution in [2.75, 3.05) is 13.1 Å². The molecule has 0 spiro atoms. The molecule has 1 amide bonds. The van der Waals surface area contributed by atoms with E-state index in [-0.39, 0.29) is 18.3 Å². The fraction of sp³-hybridized carbons (Fsp3) is 0.650. The molecule has 1 aliphatic heterocycles. The average Bonchev–Trinajstić information content (AvgIpc) is 3.10. The van der Waals surface area contributed by atoms with Gasteiger partial charge in [-0.1, -0.05) is 43.2 Å². The van der Waals surface area contributed by atoms with Gasteiger partial charge in [0.05, 0.1) is 0 Å². The predicted molar refractivity (Wildman–Crippen MR) is 102 cm³/mol. The standard InChI is InChI=1S/C20H30N2O.ClH/c1-16-15-18(11-13-21-16)20(23)22(19-9-5-6-10-19)14-12-17-7-3-2-4-8-17;/h2-4,7-8,16,18-19,21H,5-6,9-15H2,1H3;1H/t16-,18-;/m0./s1. The van der Waals surface area contributed by atoms with Crippen molar-refractivity contribution >= 4 is 18.3 Å². The van der Waals surface area contributed by atoms with Crippen molar-refractivity contribution in [3.8, 4) is 0 Å². The van der Waals surface area contributed by atoms with Gasteiger partial charge in [-0.25, -0.2) is 0 Å². The van der Waals surface area contributed by atoms with Crippen LogP contribution in [0.3, 0.4) is 0 Å². The van der Waals surface area contributed by atoms with Crippen LogP contribution in [0.25, 0.3) is 0 Å². The minimum Gasteiger partial charge on any atom is -0.339 e. The maximum Gasteiger partial charge on any atom is 0.226 e. The van der Waals surface area contributed by atoms with E-state index in [1.165, 1.54) is 31.2 Å². The molecular formula is C20H31ClN2O. The molecule has 24 heavy (non-hydrogen) atoms. The Hall–Kier alpha value is -1.06. The predicted octanol–water partition coefficient (Wildman–Crippen LogP) is 3.81. The summed E-state index contributed by atoms with van der Waals surface area (Å²) in [6, 6.07) is 11.5. The molecule has 1 N–H and O–H groups in total. The summed E-state index contributed by atoms with van der Waals surface area (Å²) < 4.78 is 0. The van der Waals surface area contributed by atoms with Crippen molar-refractivity contribution in [2.45, 2.75) is 64.0 Å². The summed E-state index contributed by atoms with van der Waals surface area (Å²) in [6.07, 6.45) is 7.92. The second-order valence-electron chi connectivity index (χ2n) is 7.28. The van der Waals surface area contributed by atoms with E-state index in [0.717, 1.165) is 32.4 Å². The van der Waals surface area contributed by atoms with Gasteiger partial charge in [-0.2, -0.15) is 0 Å². The number of rotatable bonds is 5. The third kappa shape index (κ3) is 4.97. The van der Waals surface area contributed by atoms with Crippen LogP contribution in [-0.2, 0) is 11.2 Å². The highest BCUT2D eigenvalue weighted by molar-refractivity contribution is 5.85. The first kappa shape index (κ1) is 19.3. The van der Waals surface area contributed by atoms with Gasteiger partial charge in [-0.05, 0) is 51.1 Å². The number of nitrogens with zero attached hydrogens (tertiary/aromatic N) is 1. The first-order chi connectivity index (χ1) is 11.2. The summed E-state index contributed by atoms with van der Waals surface area (Å²) in [4.78, 5) is 15.4. The molecule has 4 heteroatoms. The van der Waals surface area contributed by atoms with E-state index in [2.05, 4.69) is 47.5 Å². The molecule has 2 atom stereocenters. The summed E-state index contributed by atoms with van der Waals surface area (Å²) in [5.74, 6) is 0.642. The molecule has 134 valence electrons. The molecule has 1 aliphatic carbocycles. The van der Waals surface area contributed by atoms with Crippen LogP contribution in [0, 0.1) is 5.92 Å². The summed E-state index contributed by atoms with van der Waals surface area (Å²) >= 11 is 0. The summed E-state index contributed by atoms with van der Waals surface area (Å²) in [6.45, 7) is 4.06. The van der Waals surface area contributed by atoms with Crippen LogP contribution < -0.4 is 5.32 Å². The summed E-state index contributed by atoms with van der Waals surface area (Å²) in [7, 11) is 0. The van der Waals surface area contributed by atoms with E-state index in [4.69, 9.17) is 0 Å². The topological polar surface area (TPSA) is 32.3 Å². The quantitative estimate of drug-likeness (QED) is 0.875. The second kappa shape index (κ2) is 9.43. The number of hydrogen-bond donors (Lipinski definition) is 1. The number of carbonyl (C=O) groups is 1. The van der Waals surface area contributed by atoms with Crippen molar-refractivity contribution in [3.63, 3.8) is 0 Å². The van der Waals surface area contributed by atoms with Crippen molar-refractivity contribution in [3.05, 3.63) is 35.9 Å². The molecule has 0 aromatic heterocycles. The molecule has 1 aromatic rings. The van der Waals surface area contributed by atoms with Gasteiger partial charge >= 0.3 is 0 Å². The van der Waals surface area contributed by atoms with Crippen LogP contribution in [-0.4, -0.2) is 36.0 Å². The maximum atomic E-state index is 13.2. The zero-order chi connectivity index (χ0) is 16.1. The summed E-state index contributed by atoms with van der Waals surface area (Å²) in [5, 5.41) is 3.46. The molecule has 2 fully saturated rings. The van der Waals surface area contributed by atoms with Gasteiger partial charge in [0, 0.05) is 24.5 Å². The Morgan fingerprint density at radius 2 is 1.88 bits per heavy atom. The zero-order valence-corrected chi connectivity index (χ0v) is 15.6. The molecule has 1 saturated carbocycles. The van der Waals surface area contributed by atoms with Gasteiger partial charge in [-0.3, -0.25) is 4.79 Å². The number of amides is 1. The molecule has 1 aromatic carbocycles. The zero-order valence-electron chi connectivity index (χ0n) is 14.7. The third-order valence-electron chi connectivity index (χ3n) is 5.51. The van der Waals surface area contributed by atoms with Gasteiger partial charge in [0.2, 0.25) is 5.91 Å². The average molecular weight is 351 g/mol. The number of nitrogens with one attached hydrogen (secondary N) is 1. The number of benzene rings is 1. The molecule has 2 aliphatic rings. The van der Waals surface area contributed by atoms with Gasteiger partial charge in [0.1, 0.15) is 0 Å². The molecular weight excluding hydrogens is 320 g/mol. The van der Waals surface area contributed by atoms with E-state index < -0.39 is 0 Å². The van der Waals surface area contributed by atoms with Gasteiger partial charge < -0.3 is 10.2 Å². The normalized spacial score (nSPS) is 24.4. The number of piperidine rings is 1. The fourth-order valence-corrected chi connectivity index (χ4v) is 4.17. The van der Waals surface area contributed by atoms with Crippen molar-refractivity contribution < 1.29 is 4.79 Å². The van der Waals surface area contributed by atoms with E-state index >= 15 is 0 Å². The molecule has 0 radical (unpaired) electrons. The van der Waals surface area contributed by atoms with Crippen molar-refractivity contribution in [2.24, 2.45) is 5.92 Å². The Morgan fingerprint density at radius 1 is 1.17 bits per heavy atom. The van der Waals surface area contributed by atoms with Gasteiger partial charge in [0.15, 0.2) is 0 Å². The van der Waals surface area contributed by atoms with Gasteiger partial charge in [0.25, 0.3) is 0 Å². The smallest absolute Gasteiger partial charge is 0.226 e. The highest BCUT2D eigenvalue weighted by Crippen LogP contribution is 2.27. The largest absolute Gasteiger partial charge is 0.339 e. The lowest BCUT2D eigenvalue weighted by molar-refractivity contribution is -0.139. The van der Waals surface area contributed by atoms with Crippen molar-refractivity contribution in [1.82, 2.24) is 10.2 Å². The Bertz CT molecular complexity index is 502. The van der Waals surface area contributed by atoms with Crippen LogP contribution >= 0.6 is 12.4 Å². The van der Waals surface area contributed by atoms with Crippen LogP contribution in [0.2, 0.25) is 0 Å². The van der Waals surface area contributed by atoms with Crippen LogP contribution in [0.4, 0.5) is 0 Å². The lowest BCUT2D eigenvalue weighted by Gasteiger charge is -2.35. The second-order valence-corrected chi connectivity index (χ2v) is 7.28. The van der Waals surface area contributed by atoms with E-state index in [1.807, 2.05) is 0 Å². The van der Waals surface area contributed by atoms with Crippen LogP contribution in [0.15, 0.2) is 30.3 Å². The van der Waals surface area contributed by atoms with Gasteiger partial charge in [-0.15, -0.1) is 12.4 Å². The minimum atomic E-state index is 0. The van der Waals surface area contributed by atoms with E-state index in [9.17, 15) is 4.79 Å². The third-order valence-corrected chi connectivity index (χ3v) is 5.51. The Labute approximate surface area is 152 Å². The lowest BCUT2D eigenvalue weighted by Crippen LogP contribution is -2.47. The van der Waals surface area contributed by atoms with Crippen LogP contribution in [0.5, 0.6) is 0 Å². The molecule has 0 bridgehead atoms. The molecule has 3 nitrogen and oxygen atoms in total.